The van der Waals surface area contributed by atoms with Crippen molar-refractivity contribution in [2.24, 2.45) is 0 Å². The third-order valence-corrected chi connectivity index (χ3v) is 4.13. The first kappa shape index (κ1) is 17.2. The first-order valence-corrected chi connectivity index (χ1v) is 11.0. The molecule has 0 aliphatic rings. The molecule has 0 N–H and O–H groups in total. The Morgan fingerprint density at radius 3 is 1.76 bits per heavy atom. The van der Waals surface area contributed by atoms with Gasteiger partial charge in [0.05, 0.1) is 0 Å². The van der Waals surface area contributed by atoms with E-state index < -0.39 is 8.32 Å². The van der Waals surface area contributed by atoms with Gasteiger partial charge in [-0.15, -0.1) is 0 Å². The van der Waals surface area contributed by atoms with Gasteiger partial charge in [0, 0.05) is 6.10 Å². The molecule has 2 heteroatoms. The van der Waals surface area contributed by atoms with Crippen molar-refractivity contribution in [3.05, 3.63) is 0 Å². The predicted octanol–water partition coefficient (Wildman–Crippen LogP) is 5.76. The Balaban J connectivity index is 3.22. The molecule has 0 aromatic carbocycles. The van der Waals surface area contributed by atoms with Crippen LogP contribution in [0.4, 0.5) is 0 Å². The average Bonchev–Trinajstić information content (AvgIpc) is 2.19. The van der Waals surface area contributed by atoms with Gasteiger partial charge in [0.1, 0.15) is 0 Å². The van der Waals surface area contributed by atoms with Crippen molar-refractivity contribution in [2.45, 2.75) is 97.4 Å². The number of rotatable bonds is 11. The molecular formula is C15H34OSi. The maximum atomic E-state index is 6.04. The molecule has 0 spiro atoms. The van der Waals surface area contributed by atoms with Crippen molar-refractivity contribution in [1.29, 1.82) is 0 Å². The minimum Gasteiger partial charge on any atom is -0.415 e. The standard InChI is InChI=1S/C15H34OSi/c1-6-7-8-9-10-11-12-13-14-15(2)16-17(3,4)5/h15H,6-14H2,1-5H3. The van der Waals surface area contributed by atoms with E-state index in [1.165, 1.54) is 57.8 Å². The van der Waals surface area contributed by atoms with E-state index in [9.17, 15) is 0 Å². The Labute approximate surface area is 110 Å². The second-order valence-electron chi connectivity index (χ2n) is 6.30. The van der Waals surface area contributed by atoms with Crippen molar-refractivity contribution in [3.63, 3.8) is 0 Å². The molecule has 0 aromatic heterocycles. The van der Waals surface area contributed by atoms with Crippen molar-refractivity contribution in [3.8, 4) is 0 Å². The largest absolute Gasteiger partial charge is 0.415 e. The molecule has 0 aliphatic carbocycles. The highest BCUT2D eigenvalue weighted by Crippen LogP contribution is 2.14. The Morgan fingerprint density at radius 2 is 1.29 bits per heavy atom. The highest BCUT2D eigenvalue weighted by Gasteiger charge is 2.17. The molecule has 104 valence electrons. The first-order valence-electron chi connectivity index (χ1n) is 7.63. The van der Waals surface area contributed by atoms with E-state index in [1.807, 2.05) is 0 Å². The van der Waals surface area contributed by atoms with Gasteiger partial charge in [-0.2, -0.15) is 0 Å². The van der Waals surface area contributed by atoms with Gasteiger partial charge in [0.25, 0.3) is 0 Å². The summed E-state index contributed by atoms with van der Waals surface area (Å²) in [5, 5.41) is 0. The molecule has 1 unspecified atom stereocenters. The second-order valence-corrected chi connectivity index (χ2v) is 10.8. The minimum atomic E-state index is -1.31. The van der Waals surface area contributed by atoms with Crippen LogP contribution >= 0.6 is 0 Å². The smallest absolute Gasteiger partial charge is 0.184 e. The topological polar surface area (TPSA) is 9.23 Å². The van der Waals surface area contributed by atoms with Crippen LogP contribution in [-0.4, -0.2) is 14.4 Å². The van der Waals surface area contributed by atoms with Crippen LogP contribution in [0.1, 0.15) is 71.6 Å². The fourth-order valence-corrected chi connectivity index (χ4v) is 3.55. The summed E-state index contributed by atoms with van der Waals surface area (Å²) in [6.45, 7) is 11.3. The maximum absolute atomic E-state index is 6.04. The SMILES string of the molecule is CCCCCCCCCCC(C)O[Si](C)(C)C. The van der Waals surface area contributed by atoms with Gasteiger partial charge in [0.15, 0.2) is 8.32 Å². The van der Waals surface area contributed by atoms with Crippen LogP contribution in [0.15, 0.2) is 0 Å². The van der Waals surface area contributed by atoms with Crippen LogP contribution in [0.3, 0.4) is 0 Å². The molecule has 17 heavy (non-hydrogen) atoms. The highest BCUT2D eigenvalue weighted by atomic mass is 28.4. The summed E-state index contributed by atoms with van der Waals surface area (Å²) in [6.07, 6.45) is 13.0. The van der Waals surface area contributed by atoms with Gasteiger partial charge < -0.3 is 4.43 Å². The van der Waals surface area contributed by atoms with Gasteiger partial charge in [-0.05, 0) is 33.0 Å². The summed E-state index contributed by atoms with van der Waals surface area (Å²) in [5.74, 6) is 0. The molecule has 1 nitrogen and oxygen atoms in total. The lowest BCUT2D eigenvalue weighted by molar-refractivity contribution is 0.199. The molecule has 0 aliphatic heterocycles. The molecule has 0 fully saturated rings. The number of hydrogen-bond donors (Lipinski definition) is 0. The van der Waals surface area contributed by atoms with Gasteiger partial charge in [0.2, 0.25) is 0 Å². The fourth-order valence-electron chi connectivity index (χ4n) is 2.23. The van der Waals surface area contributed by atoms with Crippen LogP contribution in [0.5, 0.6) is 0 Å². The summed E-state index contributed by atoms with van der Waals surface area (Å²) in [6, 6.07) is 0. The van der Waals surface area contributed by atoms with Crippen molar-refractivity contribution in [2.75, 3.05) is 0 Å². The van der Waals surface area contributed by atoms with Gasteiger partial charge in [-0.1, -0.05) is 58.3 Å². The summed E-state index contributed by atoms with van der Waals surface area (Å²) < 4.78 is 6.04. The fraction of sp³-hybridized carbons (Fsp3) is 1.00. The van der Waals surface area contributed by atoms with E-state index in [1.54, 1.807) is 0 Å². The molecule has 0 radical (unpaired) electrons. The Morgan fingerprint density at radius 1 is 0.824 bits per heavy atom. The Kier molecular flexibility index (Phi) is 10.2. The summed E-state index contributed by atoms with van der Waals surface area (Å²) in [4.78, 5) is 0. The minimum absolute atomic E-state index is 0.474. The van der Waals surface area contributed by atoms with E-state index in [0.717, 1.165) is 0 Å². The molecular weight excluding hydrogens is 224 g/mol. The quantitative estimate of drug-likeness (QED) is 0.338. The average molecular weight is 259 g/mol. The van der Waals surface area contributed by atoms with Crippen LogP contribution in [0, 0.1) is 0 Å². The molecule has 0 bridgehead atoms. The van der Waals surface area contributed by atoms with Crippen LogP contribution in [-0.2, 0) is 4.43 Å². The van der Waals surface area contributed by atoms with Gasteiger partial charge in [-0.25, -0.2) is 0 Å². The molecule has 0 amide bonds. The van der Waals surface area contributed by atoms with Crippen molar-refractivity contribution >= 4 is 8.32 Å². The monoisotopic (exact) mass is 258 g/mol. The highest BCUT2D eigenvalue weighted by molar-refractivity contribution is 6.69. The molecule has 1 atom stereocenters. The van der Waals surface area contributed by atoms with Crippen LogP contribution in [0.2, 0.25) is 19.6 Å². The van der Waals surface area contributed by atoms with E-state index in [0.29, 0.717) is 6.10 Å². The zero-order valence-corrected chi connectivity index (χ0v) is 13.8. The van der Waals surface area contributed by atoms with Crippen molar-refractivity contribution < 1.29 is 4.43 Å². The van der Waals surface area contributed by atoms with Gasteiger partial charge in [-0.3, -0.25) is 0 Å². The number of hydrogen-bond acceptors (Lipinski definition) is 1. The lowest BCUT2D eigenvalue weighted by atomic mass is 10.1. The van der Waals surface area contributed by atoms with E-state index in [-0.39, 0.29) is 0 Å². The Bertz CT molecular complexity index is 163. The third kappa shape index (κ3) is 14.1. The molecule has 0 aromatic rings. The van der Waals surface area contributed by atoms with Crippen LogP contribution < -0.4 is 0 Å². The molecule has 0 rings (SSSR count). The molecule has 0 saturated heterocycles. The zero-order valence-electron chi connectivity index (χ0n) is 12.8. The second kappa shape index (κ2) is 10.1. The van der Waals surface area contributed by atoms with E-state index in [4.69, 9.17) is 4.43 Å². The summed E-state index contributed by atoms with van der Waals surface area (Å²) in [7, 11) is -1.31. The Hall–Kier alpha value is 0.177. The van der Waals surface area contributed by atoms with Gasteiger partial charge >= 0.3 is 0 Å². The third-order valence-electron chi connectivity index (χ3n) is 3.02. The van der Waals surface area contributed by atoms with Crippen molar-refractivity contribution in [1.82, 2.24) is 0 Å². The number of unbranched alkanes of at least 4 members (excludes halogenated alkanes) is 7. The zero-order chi connectivity index (χ0) is 13.1. The molecule has 0 saturated carbocycles. The summed E-state index contributed by atoms with van der Waals surface area (Å²) in [5.41, 5.74) is 0. The van der Waals surface area contributed by atoms with Crippen LogP contribution in [0.25, 0.3) is 0 Å². The van der Waals surface area contributed by atoms with E-state index in [2.05, 4.69) is 33.5 Å². The normalized spacial score (nSPS) is 13.9. The lowest BCUT2D eigenvalue weighted by Gasteiger charge is -2.23. The van der Waals surface area contributed by atoms with E-state index >= 15 is 0 Å². The predicted molar refractivity (Wildman–Crippen MR) is 81.1 cm³/mol. The lowest BCUT2D eigenvalue weighted by Crippen LogP contribution is -2.30. The maximum Gasteiger partial charge on any atom is 0.184 e. The first-order chi connectivity index (χ1) is 7.95. The molecule has 0 heterocycles. The summed E-state index contributed by atoms with van der Waals surface area (Å²) >= 11 is 0.